The smallest absolute Gasteiger partial charge is 0.310 e. The number of aromatic nitrogens is 4. The molecular weight excluding hydrogens is 368 g/mol. The van der Waals surface area contributed by atoms with E-state index in [4.69, 9.17) is 4.98 Å². The summed E-state index contributed by atoms with van der Waals surface area (Å²) in [7, 11) is 1.71. The van der Waals surface area contributed by atoms with Crippen LogP contribution in [0.1, 0.15) is 19.3 Å². The number of imidazole rings is 1. The average molecular weight is 394 g/mol. The third-order valence-electron chi connectivity index (χ3n) is 6.16. The largest absolute Gasteiger partial charge is 0.332 e. The maximum Gasteiger partial charge on any atom is 0.332 e. The molecule has 0 N–H and O–H groups in total. The van der Waals surface area contributed by atoms with E-state index in [0.29, 0.717) is 24.3 Å². The number of piperidine rings is 1. The molecule has 0 bridgehead atoms. The zero-order valence-corrected chi connectivity index (χ0v) is 16.8. The summed E-state index contributed by atoms with van der Waals surface area (Å²) < 4.78 is 4.86. The average Bonchev–Trinajstić information content (AvgIpc) is 3.33. The van der Waals surface area contributed by atoms with Crippen LogP contribution in [0.2, 0.25) is 0 Å². The Hall–Kier alpha value is -2.87. The summed E-state index contributed by atoms with van der Waals surface area (Å²) in [5.74, 6) is 0.729. The molecular formula is C21H26N6O2. The Morgan fingerprint density at radius 1 is 0.931 bits per heavy atom. The predicted molar refractivity (Wildman–Crippen MR) is 113 cm³/mol. The van der Waals surface area contributed by atoms with E-state index in [2.05, 4.69) is 9.80 Å². The maximum absolute atomic E-state index is 13.3. The number of hydrogen-bond acceptors (Lipinski definition) is 5. The molecule has 8 heteroatoms. The van der Waals surface area contributed by atoms with E-state index in [0.717, 1.165) is 37.8 Å². The Bertz CT molecular complexity index is 1150. The number of fused-ring (bicyclic) bond motifs is 3. The van der Waals surface area contributed by atoms with Crippen LogP contribution in [0.15, 0.2) is 39.9 Å². The van der Waals surface area contributed by atoms with E-state index in [9.17, 15) is 9.59 Å². The van der Waals surface area contributed by atoms with Gasteiger partial charge in [-0.25, -0.2) is 4.79 Å². The minimum Gasteiger partial charge on any atom is -0.310 e. The molecule has 0 spiro atoms. The Morgan fingerprint density at radius 2 is 1.69 bits per heavy atom. The summed E-state index contributed by atoms with van der Waals surface area (Å²) in [4.78, 5) is 35.3. The van der Waals surface area contributed by atoms with Gasteiger partial charge in [-0.1, -0.05) is 24.6 Å². The summed E-state index contributed by atoms with van der Waals surface area (Å²) in [6.07, 6.45) is 3.65. The summed E-state index contributed by atoms with van der Waals surface area (Å²) >= 11 is 0. The molecule has 1 fully saturated rings. The number of hydrogen-bond donors (Lipinski definition) is 0. The minimum absolute atomic E-state index is 0.228. The molecule has 0 amide bonds. The molecule has 8 nitrogen and oxygen atoms in total. The molecule has 152 valence electrons. The normalized spacial score (nSPS) is 17.2. The first-order valence-electron chi connectivity index (χ1n) is 10.4. The highest BCUT2D eigenvalue weighted by Crippen LogP contribution is 2.31. The van der Waals surface area contributed by atoms with Gasteiger partial charge >= 0.3 is 5.69 Å². The SMILES string of the molecule is Cn1c(=O)n(CCN2CCCCC2)c(=O)c2c1nc1n2CCN1c1ccccc1. The van der Waals surface area contributed by atoms with Crippen LogP contribution in [0, 0.1) is 0 Å². The second kappa shape index (κ2) is 7.18. The van der Waals surface area contributed by atoms with Gasteiger partial charge in [-0.2, -0.15) is 4.98 Å². The highest BCUT2D eigenvalue weighted by molar-refractivity contribution is 5.77. The molecule has 0 atom stereocenters. The summed E-state index contributed by atoms with van der Waals surface area (Å²) in [6.45, 7) is 4.69. The fourth-order valence-electron chi connectivity index (χ4n) is 4.55. The lowest BCUT2D eigenvalue weighted by Gasteiger charge is -2.26. The number of nitrogens with zero attached hydrogens (tertiary/aromatic N) is 6. The van der Waals surface area contributed by atoms with Crippen LogP contribution in [0.5, 0.6) is 0 Å². The van der Waals surface area contributed by atoms with Crippen molar-refractivity contribution in [3.05, 3.63) is 51.2 Å². The molecule has 0 aliphatic carbocycles. The van der Waals surface area contributed by atoms with Crippen LogP contribution in [0.4, 0.5) is 11.6 Å². The van der Waals surface area contributed by atoms with Crippen molar-refractivity contribution in [2.75, 3.05) is 31.1 Å². The number of benzene rings is 1. The van der Waals surface area contributed by atoms with Gasteiger partial charge in [0, 0.05) is 38.9 Å². The Kier molecular flexibility index (Phi) is 4.50. The number of likely N-dealkylation sites (tertiary alicyclic amines) is 1. The fraction of sp³-hybridized carbons (Fsp3) is 0.476. The summed E-state index contributed by atoms with van der Waals surface area (Å²) in [6, 6.07) is 10.0. The number of anilines is 2. The zero-order valence-electron chi connectivity index (χ0n) is 16.8. The van der Waals surface area contributed by atoms with E-state index >= 15 is 0 Å². The first-order chi connectivity index (χ1) is 14.1. The molecule has 1 aromatic carbocycles. The van der Waals surface area contributed by atoms with Crippen molar-refractivity contribution < 1.29 is 0 Å². The molecule has 3 aromatic rings. The van der Waals surface area contributed by atoms with E-state index in [-0.39, 0.29) is 11.2 Å². The van der Waals surface area contributed by atoms with Gasteiger partial charge in [0.15, 0.2) is 11.2 Å². The van der Waals surface area contributed by atoms with Crippen LogP contribution in [-0.2, 0) is 20.1 Å². The van der Waals surface area contributed by atoms with Gasteiger partial charge in [0.1, 0.15) is 0 Å². The first kappa shape index (κ1) is 18.2. The van der Waals surface area contributed by atoms with Crippen molar-refractivity contribution in [3.8, 4) is 0 Å². The van der Waals surface area contributed by atoms with Crippen molar-refractivity contribution in [2.45, 2.75) is 32.4 Å². The lowest BCUT2D eigenvalue weighted by molar-refractivity contribution is 0.218. The highest BCUT2D eigenvalue weighted by Gasteiger charge is 2.28. The number of rotatable bonds is 4. The van der Waals surface area contributed by atoms with Crippen LogP contribution < -0.4 is 16.1 Å². The van der Waals surface area contributed by atoms with Gasteiger partial charge in [0.2, 0.25) is 5.95 Å². The topological polar surface area (TPSA) is 68.3 Å². The quantitative estimate of drug-likeness (QED) is 0.671. The molecule has 2 aromatic heterocycles. The van der Waals surface area contributed by atoms with Gasteiger partial charge in [0.05, 0.1) is 0 Å². The van der Waals surface area contributed by atoms with E-state index < -0.39 is 0 Å². The van der Waals surface area contributed by atoms with Crippen LogP contribution >= 0.6 is 0 Å². The maximum atomic E-state index is 13.3. The van der Waals surface area contributed by atoms with Gasteiger partial charge in [-0.05, 0) is 38.1 Å². The van der Waals surface area contributed by atoms with Crippen LogP contribution in [0.25, 0.3) is 11.2 Å². The van der Waals surface area contributed by atoms with Gasteiger partial charge in [0.25, 0.3) is 5.56 Å². The summed E-state index contributed by atoms with van der Waals surface area (Å²) in [5.41, 5.74) is 1.51. The Labute approximate surface area is 168 Å². The predicted octanol–water partition coefficient (Wildman–Crippen LogP) is 1.53. The van der Waals surface area contributed by atoms with Gasteiger partial charge in [-0.3, -0.25) is 13.9 Å². The molecule has 1 saturated heterocycles. The van der Waals surface area contributed by atoms with Crippen LogP contribution in [0.3, 0.4) is 0 Å². The monoisotopic (exact) mass is 394 g/mol. The third kappa shape index (κ3) is 2.98. The second-order valence-corrected chi connectivity index (χ2v) is 7.92. The number of aryl methyl sites for hydroxylation is 1. The zero-order chi connectivity index (χ0) is 20.0. The molecule has 0 unspecified atom stereocenters. The third-order valence-corrected chi connectivity index (χ3v) is 6.16. The van der Waals surface area contributed by atoms with Crippen molar-refractivity contribution in [2.24, 2.45) is 7.05 Å². The molecule has 4 heterocycles. The second-order valence-electron chi connectivity index (χ2n) is 7.92. The van der Waals surface area contributed by atoms with E-state index in [1.807, 2.05) is 34.9 Å². The van der Waals surface area contributed by atoms with E-state index in [1.165, 1.54) is 28.4 Å². The van der Waals surface area contributed by atoms with Crippen molar-refractivity contribution >= 4 is 22.8 Å². The standard InChI is InChI=1S/C21H26N6O2/c1-23-18-17(19(28)27(21(23)29)13-12-24-10-6-3-7-11-24)26-15-14-25(20(26)22-18)16-8-4-2-5-9-16/h2,4-5,8-9H,3,6-7,10-15H2,1H3. The molecule has 29 heavy (non-hydrogen) atoms. The fourth-order valence-corrected chi connectivity index (χ4v) is 4.55. The van der Waals surface area contributed by atoms with E-state index in [1.54, 1.807) is 7.05 Å². The van der Waals surface area contributed by atoms with Crippen LogP contribution in [-0.4, -0.2) is 49.8 Å². The Morgan fingerprint density at radius 3 is 2.45 bits per heavy atom. The van der Waals surface area contributed by atoms with Crippen molar-refractivity contribution in [3.63, 3.8) is 0 Å². The van der Waals surface area contributed by atoms with Crippen molar-refractivity contribution in [1.82, 2.24) is 23.6 Å². The molecule has 0 radical (unpaired) electrons. The van der Waals surface area contributed by atoms with Gasteiger partial charge in [-0.15, -0.1) is 0 Å². The lowest BCUT2D eigenvalue weighted by atomic mass is 10.1. The minimum atomic E-state index is -0.289. The molecule has 5 rings (SSSR count). The molecule has 2 aliphatic heterocycles. The lowest BCUT2D eigenvalue weighted by Crippen LogP contribution is -2.43. The van der Waals surface area contributed by atoms with Crippen molar-refractivity contribution in [1.29, 1.82) is 0 Å². The highest BCUT2D eigenvalue weighted by atomic mass is 16.2. The Balaban J connectivity index is 1.56. The molecule has 2 aliphatic rings. The summed E-state index contributed by atoms with van der Waals surface area (Å²) in [5, 5.41) is 0. The molecule has 0 saturated carbocycles. The van der Waals surface area contributed by atoms with Gasteiger partial charge < -0.3 is 14.4 Å². The number of para-hydroxylation sites is 1. The first-order valence-corrected chi connectivity index (χ1v) is 10.4.